The predicted octanol–water partition coefficient (Wildman–Crippen LogP) is 18.3. The molecule has 0 saturated heterocycles. The molecule has 1 amide bonds. The SMILES string of the molecule is CCCCCCCCCCCCCC/C=C\CCCCCCCCCCCCCCCCC(O)CC(=O)NC(CO)C(O)CCCCCCCCCCCCCCCCCCCCC. The molecule has 0 rings (SSSR count). The molecule has 5 heteroatoms. The first kappa shape index (κ1) is 63.1. The van der Waals surface area contributed by atoms with Crippen molar-refractivity contribution in [3.63, 3.8) is 0 Å². The van der Waals surface area contributed by atoms with Crippen LogP contribution in [0.15, 0.2) is 12.2 Å². The molecule has 0 heterocycles. The van der Waals surface area contributed by atoms with Crippen molar-refractivity contribution in [3.8, 4) is 0 Å². The molecule has 0 fully saturated rings. The van der Waals surface area contributed by atoms with E-state index in [1.807, 2.05) is 0 Å². The second kappa shape index (κ2) is 54.7. The average Bonchev–Trinajstić information content (AvgIpc) is 3.29. The monoisotopic (exact) mass is 904 g/mol. The van der Waals surface area contributed by atoms with Gasteiger partial charge in [-0.25, -0.2) is 0 Å². The summed E-state index contributed by atoms with van der Waals surface area (Å²) in [7, 11) is 0. The minimum Gasteiger partial charge on any atom is -0.394 e. The van der Waals surface area contributed by atoms with Gasteiger partial charge in [-0.15, -0.1) is 0 Å². The van der Waals surface area contributed by atoms with E-state index >= 15 is 0 Å². The molecule has 0 radical (unpaired) electrons. The maximum Gasteiger partial charge on any atom is 0.222 e. The van der Waals surface area contributed by atoms with Gasteiger partial charge in [0.1, 0.15) is 0 Å². The number of nitrogens with one attached hydrogen (secondary N) is 1. The van der Waals surface area contributed by atoms with Gasteiger partial charge in [0, 0.05) is 0 Å². The van der Waals surface area contributed by atoms with E-state index in [1.54, 1.807) is 0 Å². The van der Waals surface area contributed by atoms with E-state index in [-0.39, 0.29) is 18.9 Å². The van der Waals surface area contributed by atoms with Crippen LogP contribution in [0.5, 0.6) is 0 Å². The first-order valence-corrected chi connectivity index (χ1v) is 29.5. The summed E-state index contributed by atoms with van der Waals surface area (Å²) in [6.45, 7) is 4.31. The molecule has 64 heavy (non-hydrogen) atoms. The molecule has 0 saturated carbocycles. The van der Waals surface area contributed by atoms with E-state index in [1.165, 1.54) is 276 Å². The van der Waals surface area contributed by atoms with Crippen LogP contribution in [0.4, 0.5) is 0 Å². The van der Waals surface area contributed by atoms with Gasteiger partial charge in [0.15, 0.2) is 0 Å². The molecule has 0 aromatic carbocycles. The topological polar surface area (TPSA) is 89.8 Å². The Kier molecular flexibility index (Phi) is 53.9. The van der Waals surface area contributed by atoms with Gasteiger partial charge in [0.2, 0.25) is 5.91 Å². The van der Waals surface area contributed by atoms with Crippen LogP contribution in [-0.2, 0) is 4.79 Å². The van der Waals surface area contributed by atoms with E-state index in [2.05, 4.69) is 31.3 Å². The highest BCUT2D eigenvalue weighted by molar-refractivity contribution is 5.76. The highest BCUT2D eigenvalue weighted by atomic mass is 16.3. The fraction of sp³-hybridized carbons (Fsp3) is 0.949. The fourth-order valence-corrected chi connectivity index (χ4v) is 9.58. The summed E-state index contributed by atoms with van der Waals surface area (Å²) in [5.41, 5.74) is 0. The number of carbonyl (C=O) groups is 1. The Labute approximate surface area is 401 Å². The van der Waals surface area contributed by atoms with Crippen molar-refractivity contribution < 1.29 is 20.1 Å². The molecule has 4 N–H and O–H groups in total. The number of aliphatic hydroxyl groups is 3. The molecular weight excluding hydrogens is 787 g/mol. The fourth-order valence-electron chi connectivity index (χ4n) is 9.58. The van der Waals surface area contributed by atoms with Crippen molar-refractivity contribution in [1.82, 2.24) is 5.32 Å². The first-order chi connectivity index (χ1) is 31.5. The van der Waals surface area contributed by atoms with Crippen LogP contribution in [0.25, 0.3) is 0 Å². The number of unbranched alkanes of at least 4 members (excludes halogenated alkanes) is 44. The number of allylic oxidation sites excluding steroid dienone is 2. The maximum atomic E-state index is 12.5. The molecule has 3 unspecified atom stereocenters. The van der Waals surface area contributed by atoms with Crippen LogP contribution >= 0.6 is 0 Å². The second-order valence-corrected chi connectivity index (χ2v) is 20.6. The normalized spacial score (nSPS) is 13.3. The van der Waals surface area contributed by atoms with Crippen LogP contribution in [-0.4, -0.2) is 46.1 Å². The summed E-state index contributed by atoms with van der Waals surface area (Å²) in [6, 6.07) is -0.656. The Morgan fingerprint density at radius 1 is 0.375 bits per heavy atom. The number of hydrogen-bond acceptors (Lipinski definition) is 4. The number of aliphatic hydroxyl groups excluding tert-OH is 3. The second-order valence-electron chi connectivity index (χ2n) is 20.6. The summed E-state index contributed by atoms with van der Waals surface area (Å²) in [5, 5.41) is 33.7. The van der Waals surface area contributed by atoms with Crippen molar-refractivity contribution >= 4 is 5.91 Å². The van der Waals surface area contributed by atoms with E-state index in [4.69, 9.17) is 0 Å². The zero-order valence-corrected chi connectivity index (χ0v) is 43.7. The molecule has 382 valence electrons. The van der Waals surface area contributed by atoms with E-state index in [0.717, 1.165) is 25.7 Å². The third kappa shape index (κ3) is 50.5. The van der Waals surface area contributed by atoms with E-state index < -0.39 is 18.2 Å². The van der Waals surface area contributed by atoms with Gasteiger partial charge in [-0.3, -0.25) is 4.79 Å². The molecule has 0 aliphatic rings. The third-order valence-corrected chi connectivity index (χ3v) is 14.1. The Morgan fingerprint density at radius 2 is 0.625 bits per heavy atom. The largest absolute Gasteiger partial charge is 0.394 e. The van der Waals surface area contributed by atoms with Gasteiger partial charge in [0.25, 0.3) is 0 Å². The van der Waals surface area contributed by atoms with Crippen LogP contribution in [0.1, 0.15) is 335 Å². The Bertz CT molecular complexity index is 909. The lowest BCUT2D eigenvalue weighted by atomic mass is 10.0. The molecule has 0 aromatic heterocycles. The van der Waals surface area contributed by atoms with Crippen molar-refractivity contribution in [2.24, 2.45) is 0 Å². The van der Waals surface area contributed by atoms with Gasteiger partial charge in [-0.05, 0) is 38.5 Å². The third-order valence-electron chi connectivity index (χ3n) is 14.1. The standard InChI is InChI=1S/C59H117NO4/c1-3-5-7-9-11-13-15-17-19-21-23-24-25-26-27-28-29-30-31-32-33-35-36-38-40-42-44-46-48-50-52-56(62)54-59(64)60-57(55-61)58(63)53-51-49-47-45-43-41-39-37-34-22-20-18-16-14-12-10-8-6-4-2/h26-27,56-58,61-63H,3-25,28-55H2,1-2H3,(H,60,64)/b27-26-. The lowest BCUT2D eigenvalue weighted by molar-refractivity contribution is -0.125. The van der Waals surface area contributed by atoms with Crippen molar-refractivity contribution in [3.05, 3.63) is 12.2 Å². The van der Waals surface area contributed by atoms with Crippen LogP contribution in [0.3, 0.4) is 0 Å². The Morgan fingerprint density at radius 3 is 0.906 bits per heavy atom. The van der Waals surface area contributed by atoms with Crippen molar-refractivity contribution in [2.75, 3.05) is 6.61 Å². The van der Waals surface area contributed by atoms with Gasteiger partial charge in [0.05, 0.1) is 31.3 Å². The summed E-state index contributed by atoms with van der Waals surface area (Å²) in [4.78, 5) is 12.5. The van der Waals surface area contributed by atoms with Gasteiger partial charge < -0.3 is 20.6 Å². The number of rotatable bonds is 55. The molecule has 0 aliphatic heterocycles. The molecule has 0 aliphatic carbocycles. The van der Waals surface area contributed by atoms with Crippen molar-refractivity contribution in [1.29, 1.82) is 0 Å². The molecular formula is C59H117NO4. The summed E-state index contributed by atoms with van der Waals surface area (Å²) >= 11 is 0. The number of carbonyl (C=O) groups excluding carboxylic acids is 1. The zero-order chi connectivity index (χ0) is 46.5. The zero-order valence-electron chi connectivity index (χ0n) is 43.7. The molecule has 0 spiro atoms. The van der Waals surface area contributed by atoms with Gasteiger partial charge >= 0.3 is 0 Å². The van der Waals surface area contributed by atoms with Crippen LogP contribution < -0.4 is 5.32 Å². The molecule has 5 nitrogen and oxygen atoms in total. The summed E-state index contributed by atoms with van der Waals surface area (Å²) < 4.78 is 0. The molecule has 3 atom stereocenters. The number of hydrogen-bond donors (Lipinski definition) is 4. The van der Waals surface area contributed by atoms with Gasteiger partial charge in [-0.2, -0.15) is 0 Å². The minimum absolute atomic E-state index is 0.0411. The van der Waals surface area contributed by atoms with Crippen molar-refractivity contribution in [2.45, 2.75) is 353 Å². The Hall–Kier alpha value is -0.910. The lowest BCUT2D eigenvalue weighted by Gasteiger charge is -2.23. The first-order valence-electron chi connectivity index (χ1n) is 29.5. The molecule has 0 aromatic rings. The summed E-state index contributed by atoms with van der Waals surface area (Å²) in [5.74, 6) is -0.276. The van der Waals surface area contributed by atoms with Gasteiger partial charge in [-0.1, -0.05) is 302 Å². The quantitative estimate of drug-likeness (QED) is 0.0362. The highest BCUT2D eigenvalue weighted by Gasteiger charge is 2.21. The number of amides is 1. The highest BCUT2D eigenvalue weighted by Crippen LogP contribution is 2.18. The Balaban J connectivity index is 3.48. The predicted molar refractivity (Wildman–Crippen MR) is 282 cm³/mol. The van der Waals surface area contributed by atoms with Crippen LogP contribution in [0.2, 0.25) is 0 Å². The minimum atomic E-state index is -0.747. The van der Waals surface area contributed by atoms with Crippen LogP contribution in [0, 0.1) is 0 Å². The lowest BCUT2D eigenvalue weighted by Crippen LogP contribution is -2.46. The average molecular weight is 905 g/mol. The van der Waals surface area contributed by atoms with E-state index in [9.17, 15) is 20.1 Å². The smallest absolute Gasteiger partial charge is 0.222 e. The summed E-state index contributed by atoms with van der Waals surface area (Å²) in [6.07, 6.45) is 68.1. The maximum absolute atomic E-state index is 12.5. The van der Waals surface area contributed by atoms with E-state index in [0.29, 0.717) is 12.8 Å². The molecule has 0 bridgehead atoms.